The molecule has 0 bridgehead atoms. The van der Waals surface area contributed by atoms with Crippen molar-refractivity contribution in [2.75, 3.05) is 72.1 Å². The van der Waals surface area contributed by atoms with Crippen molar-refractivity contribution in [1.82, 2.24) is 19.9 Å². The van der Waals surface area contributed by atoms with E-state index in [1.165, 1.54) is 76.2 Å². The maximum absolute atomic E-state index is 6.34. The highest BCUT2D eigenvalue weighted by Gasteiger charge is 2.46. The number of rotatable bonds is 4. The van der Waals surface area contributed by atoms with Crippen molar-refractivity contribution in [3.8, 4) is 0 Å². The molecule has 11 heteroatoms. The first-order valence-electron chi connectivity index (χ1n) is 22.0. The average Bonchev–Trinajstić information content (AvgIpc) is 4.03. The summed E-state index contributed by atoms with van der Waals surface area (Å²) in [6.07, 6.45) is 17.7. The highest BCUT2D eigenvalue weighted by molar-refractivity contribution is 6.31. The zero-order valence-electron chi connectivity index (χ0n) is 33.1. The summed E-state index contributed by atoms with van der Waals surface area (Å²) < 4.78 is 12.3. The monoisotopic (exact) mass is 776 g/mol. The summed E-state index contributed by atoms with van der Waals surface area (Å²) >= 11 is 6.34. The second kappa shape index (κ2) is 14.1. The molecule has 8 aliphatic rings. The fourth-order valence-electron chi connectivity index (χ4n) is 11.8. The minimum Gasteiger partial charge on any atom is -0.373 e. The summed E-state index contributed by atoms with van der Waals surface area (Å²) in [5, 5.41) is 3.06. The molecule has 0 N–H and O–H groups in total. The number of nitrogens with zero attached hydrogens (tertiary/aromatic N) is 8. The van der Waals surface area contributed by atoms with Crippen molar-refractivity contribution in [3.63, 3.8) is 0 Å². The van der Waals surface area contributed by atoms with Crippen LogP contribution < -0.4 is 19.6 Å². The van der Waals surface area contributed by atoms with Crippen molar-refractivity contribution in [2.45, 2.75) is 120 Å². The van der Waals surface area contributed by atoms with E-state index in [1.807, 2.05) is 6.07 Å². The molecule has 0 amide bonds. The number of aromatic nitrogens is 4. The van der Waals surface area contributed by atoms with Gasteiger partial charge in [0.05, 0.1) is 22.2 Å². The molecule has 2 aromatic heterocycles. The van der Waals surface area contributed by atoms with Gasteiger partial charge >= 0.3 is 0 Å². The summed E-state index contributed by atoms with van der Waals surface area (Å²) in [4.78, 5) is 30.0. The summed E-state index contributed by atoms with van der Waals surface area (Å²) in [5.74, 6) is 5.73. The largest absolute Gasteiger partial charge is 0.373 e. The third-order valence-corrected chi connectivity index (χ3v) is 15.2. The third-order valence-electron chi connectivity index (χ3n) is 15.0. The summed E-state index contributed by atoms with van der Waals surface area (Å²) in [6.45, 7) is 10.1. The molecular formula is C45H57ClN8O2. The van der Waals surface area contributed by atoms with E-state index in [4.69, 9.17) is 41.0 Å². The molecule has 6 atom stereocenters. The molecule has 2 saturated carbocycles. The molecule has 0 radical (unpaired) electrons. The second-order valence-corrected chi connectivity index (χ2v) is 19.0. The topological polar surface area (TPSA) is 83.0 Å². The molecule has 6 unspecified atom stereocenters. The average molecular weight is 777 g/mol. The predicted octanol–water partition coefficient (Wildman–Crippen LogP) is 8.50. The van der Waals surface area contributed by atoms with Crippen molar-refractivity contribution in [3.05, 3.63) is 47.0 Å². The molecule has 56 heavy (non-hydrogen) atoms. The second-order valence-electron chi connectivity index (χ2n) is 18.5. The number of anilines is 4. The zero-order chi connectivity index (χ0) is 37.4. The number of aryl methyl sites for hydroxylation is 1. The van der Waals surface area contributed by atoms with Crippen LogP contribution in [-0.2, 0) is 9.47 Å². The van der Waals surface area contributed by atoms with Crippen molar-refractivity contribution in [2.24, 2.45) is 11.8 Å². The van der Waals surface area contributed by atoms with Crippen molar-refractivity contribution in [1.29, 1.82) is 0 Å². The molecule has 10 nitrogen and oxygen atoms in total. The molecule has 296 valence electrons. The Labute approximate surface area is 336 Å². The molecule has 6 saturated heterocycles. The van der Waals surface area contributed by atoms with Crippen LogP contribution in [0.5, 0.6) is 0 Å². The minimum absolute atomic E-state index is 0.0289. The highest BCUT2D eigenvalue weighted by atomic mass is 35.5. The highest BCUT2D eigenvalue weighted by Crippen LogP contribution is 2.45. The summed E-state index contributed by atoms with van der Waals surface area (Å²) in [5.41, 5.74) is 3.40. The van der Waals surface area contributed by atoms with Crippen LogP contribution in [0.1, 0.15) is 95.5 Å². The van der Waals surface area contributed by atoms with Crippen molar-refractivity contribution < 1.29 is 9.47 Å². The van der Waals surface area contributed by atoms with Crippen LogP contribution >= 0.6 is 11.6 Å². The quantitative estimate of drug-likeness (QED) is 0.201. The molecule has 2 spiro atoms. The van der Waals surface area contributed by atoms with Gasteiger partial charge in [-0.25, -0.2) is 9.97 Å². The smallest absolute Gasteiger partial charge is 0.228 e. The number of hydrogen-bond donors (Lipinski definition) is 0. The Bertz CT molecular complexity index is 2120. The van der Waals surface area contributed by atoms with E-state index < -0.39 is 0 Å². The van der Waals surface area contributed by atoms with Crippen LogP contribution in [-0.4, -0.2) is 95.7 Å². The van der Waals surface area contributed by atoms with Gasteiger partial charge in [-0.3, -0.25) is 0 Å². The first-order chi connectivity index (χ1) is 27.4. The van der Waals surface area contributed by atoms with Gasteiger partial charge in [-0.15, -0.1) is 0 Å². The van der Waals surface area contributed by atoms with Crippen LogP contribution in [0.25, 0.3) is 21.8 Å². The van der Waals surface area contributed by atoms with E-state index in [1.54, 1.807) is 0 Å². The van der Waals surface area contributed by atoms with Gasteiger partial charge in [0.1, 0.15) is 11.6 Å². The number of fused-ring (bicyclic) bond motifs is 4. The van der Waals surface area contributed by atoms with Gasteiger partial charge in [0.15, 0.2) is 0 Å². The van der Waals surface area contributed by atoms with Crippen LogP contribution in [0.15, 0.2) is 36.4 Å². The number of halogens is 1. The molecule has 4 aromatic rings. The van der Waals surface area contributed by atoms with E-state index in [0.717, 1.165) is 134 Å². The van der Waals surface area contributed by atoms with Gasteiger partial charge in [0, 0.05) is 80.4 Å². The maximum atomic E-state index is 6.34. The Balaban J connectivity index is 0.000000130. The van der Waals surface area contributed by atoms with Crippen LogP contribution in [0.3, 0.4) is 0 Å². The summed E-state index contributed by atoms with van der Waals surface area (Å²) in [6, 6.07) is 14.0. The zero-order valence-corrected chi connectivity index (χ0v) is 33.9. The van der Waals surface area contributed by atoms with E-state index >= 15 is 0 Å². The maximum Gasteiger partial charge on any atom is 0.228 e. The molecular weight excluding hydrogens is 720 g/mol. The fraction of sp³-hybridized carbons (Fsp3) is 0.644. The number of hydrogen-bond acceptors (Lipinski definition) is 10. The van der Waals surface area contributed by atoms with Crippen molar-refractivity contribution >= 4 is 56.9 Å². The molecule has 2 aliphatic carbocycles. The van der Waals surface area contributed by atoms with Crippen LogP contribution in [0.4, 0.5) is 23.5 Å². The van der Waals surface area contributed by atoms with E-state index in [9.17, 15) is 0 Å². The normalized spacial score (nSPS) is 32.2. The standard InChI is InChI=1S/C23H30N4O2.C22H27ClN4/c1-17-4-5-19-18(14-17)20(26-10-8-22(15-26)6-2-12-28-22)25-21(24-19)27-11-9-23(16-27)7-3-13-29-23;23-16-9-10-18-17(11-16)21(26-12-14-5-1-3-7-19(14)26)25-22(24-18)27-13-15-6-2-4-8-20(15)27/h4-5,14H,2-3,6-13,15-16H2,1H3;9-11,14-15,19-20H,1-8,12-13H2. The van der Waals surface area contributed by atoms with Gasteiger partial charge in [0.25, 0.3) is 0 Å². The lowest BCUT2D eigenvalue weighted by Crippen LogP contribution is -2.59. The van der Waals surface area contributed by atoms with Gasteiger partial charge in [0.2, 0.25) is 11.9 Å². The van der Waals surface area contributed by atoms with E-state index in [0.29, 0.717) is 12.1 Å². The lowest BCUT2D eigenvalue weighted by atomic mass is 9.76. The molecule has 6 aliphatic heterocycles. The predicted molar refractivity (Wildman–Crippen MR) is 225 cm³/mol. The van der Waals surface area contributed by atoms with Crippen LogP contribution in [0.2, 0.25) is 5.02 Å². The SMILES string of the molecule is Cc1ccc2nc(N3CCC4(CCCO4)C3)nc(N3CCC4(CCCO4)C3)c2c1.Clc1ccc2nc(N3CC4CCCCC43)nc(N3CC4CCCCC43)c2c1. The van der Waals surface area contributed by atoms with Gasteiger partial charge in [-0.1, -0.05) is 48.9 Å². The van der Waals surface area contributed by atoms with Gasteiger partial charge in [-0.05, 0) is 113 Å². The van der Waals surface area contributed by atoms with E-state index in [2.05, 4.69) is 56.9 Å². The van der Waals surface area contributed by atoms with E-state index in [-0.39, 0.29) is 11.2 Å². The lowest BCUT2D eigenvalue weighted by Gasteiger charge is -2.53. The number of benzene rings is 2. The lowest BCUT2D eigenvalue weighted by molar-refractivity contribution is 0.0229. The molecule has 8 fully saturated rings. The Morgan fingerprint density at radius 2 is 1.20 bits per heavy atom. The Morgan fingerprint density at radius 1 is 0.607 bits per heavy atom. The molecule has 2 aromatic carbocycles. The van der Waals surface area contributed by atoms with Gasteiger partial charge < -0.3 is 29.1 Å². The first-order valence-corrected chi connectivity index (χ1v) is 22.4. The molecule has 8 heterocycles. The fourth-order valence-corrected chi connectivity index (χ4v) is 12.0. The Morgan fingerprint density at radius 3 is 1.89 bits per heavy atom. The van der Waals surface area contributed by atoms with Gasteiger partial charge in [-0.2, -0.15) is 9.97 Å². The third kappa shape index (κ3) is 6.28. The number of ether oxygens (including phenoxy) is 2. The first kappa shape index (κ1) is 35.7. The summed E-state index contributed by atoms with van der Waals surface area (Å²) in [7, 11) is 0. The minimum atomic E-state index is 0.0289. The Hall–Kier alpha value is -3.47. The Kier molecular flexibility index (Phi) is 8.99. The molecule has 12 rings (SSSR count). The van der Waals surface area contributed by atoms with Crippen LogP contribution in [0, 0.1) is 18.8 Å².